The van der Waals surface area contributed by atoms with Crippen molar-refractivity contribution in [3.05, 3.63) is 29.8 Å². The van der Waals surface area contributed by atoms with Gasteiger partial charge in [-0.1, -0.05) is 12.1 Å². The minimum absolute atomic E-state index is 0.160. The van der Waals surface area contributed by atoms with Crippen LogP contribution in [0.25, 0.3) is 0 Å². The molecule has 1 aromatic carbocycles. The summed E-state index contributed by atoms with van der Waals surface area (Å²) in [5.74, 6) is 0.199. The summed E-state index contributed by atoms with van der Waals surface area (Å²) >= 11 is 0. The van der Waals surface area contributed by atoms with Crippen LogP contribution in [0.2, 0.25) is 0 Å². The Morgan fingerprint density at radius 3 is 2.82 bits per heavy atom. The molecule has 1 amide bonds. The molecular weight excluding hydrogens is 218 g/mol. The van der Waals surface area contributed by atoms with E-state index in [0.29, 0.717) is 6.54 Å². The second-order valence-electron chi connectivity index (χ2n) is 4.54. The maximum absolute atomic E-state index is 11.7. The summed E-state index contributed by atoms with van der Waals surface area (Å²) < 4.78 is 5.38. The lowest BCUT2D eigenvalue weighted by atomic mass is 10.0. The lowest BCUT2D eigenvalue weighted by Crippen LogP contribution is -2.43. The molecule has 1 heterocycles. The molecule has 4 heteroatoms. The molecule has 0 aliphatic carbocycles. The van der Waals surface area contributed by atoms with Gasteiger partial charge in [0.25, 0.3) is 0 Å². The van der Waals surface area contributed by atoms with Gasteiger partial charge < -0.3 is 14.7 Å². The second kappa shape index (κ2) is 4.65. The quantitative estimate of drug-likeness (QED) is 0.857. The Labute approximate surface area is 101 Å². The van der Waals surface area contributed by atoms with Gasteiger partial charge in [-0.3, -0.25) is 0 Å². The predicted molar refractivity (Wildman–Crippen MR) is 63.8 cm³/mol. The molecule has 1 aromatic rings. The van der Waals surface area contributed by atoms with Gasteiger partial charge >= 0.3 is 6.09 Å². The molecule has 1 unspecified atom stereocenters. The van der Waals surface area contributed by atoms with Gasteiger partial charge in [-0.05, 0) is 31.5 Å². The highest BCUT2D eigenvalue weighted by atomic mass is 16.6. The molecule has 1 N–H and O–H groups in total. The number of aromatic hydroxyl groups is 1. The third-order valence-electron chi connectivity index (χ3n) is 2.98. The average molecular weight is 235 g/mol. The number of rotatable bonds is 2. The van der Waals surface area contributed by atoms with Crippen LogP contribution in [0.4, 0.5) is 4.79 Å². The van der Waals surface area contributed by atoms with E-state index in [4.69, 9.17) is 4.74 Å². The summed E-state index contributed by atoms with van der Waals surface area (Å²) in [5, 5.41) is 9.40. The van der Waals surface area contributed by atoms with Crippen LogP contribution in [-0.2, 0) is 4.74 Å². The molecule has 0 radical (unpaired) electrons. The van der Waals surface area contributed by atoms with Crippen LogP contribution < -0.4 is 0 Å². The van der Waals surface area contributed by atoms with Crippen molar-refractivity contribution in [1.29, 1.82) is 0 Å². The van der Waals surface area contributed by atoms with Crippen molar-refractivity contribution < 1.29 is 14.6 Å². The molecule has 1 aliphatic heterocycles. The van der Waals surface area contributed by atoms with Gasteiger partial charge in [-0.25, -0.2) is 4.79 Å². The molecule has 1 fully saturated rings. The van der Waals surface area contributed by atoms with Crippen LogP contribution in [0.5, 0.6) is 5.75 Å². The van der Waals surface area contributed by atoms with Crippen molar-refractivity contribution in [2.24, 2.45) is 0 Å². The molecule has 0 saturated carbocycles. The van der Waals surface area contributed by atoms with E-state index in [1.165, 1.54) is 0 Å². The minimum atomic E-state index is -0.278. The zero-order valence-corrected chi connectivity index (χ0v) is 10.1. The number of cyclic esters (lactones) is 1. The number of carbonyl (C=O) groups is 1. The lowest BCUT2D eigenvalue weighted by molar-refractivity contribution is 0.0149. The Kier molecular flexibility index (Phi) is 3.22. The van der Waals surface area contributed by atoms with Crippen molar-refractivity contribution in [1.82, 2.24) is 4.90 Å². The Morgan fingerprint density at radius 2 is 2.24 bits per heavy atom. The molecule has 2 rings (SSSR count). The molecular formula is C13H17NO3. The van der Waals surface area contributed by atoms with E-state index in [1.54, 1.807) is 23.1 Å². The van der Waals surface area contributed by atoms with E-state index in [0.717, 1.165) is 12.0 Å². The molecule has 92 valence electrons. The first-order chi connectivity index (χ1) is 8.08. The summed E-state index contributed by atoms with van der Waals surface area (Å²) in [4.78, 5) is 13.5. The summed E-state index contributed by atoms with van der Waals surface area (Å²) in [5.41, 5.74) is 0.849. The molecule has 1 aliphatic rings. The van der Waals surface area contributed by atoms with Crippen molar-refractivity contribution in [3.8, 4) is 5.75 Å². The normalized spacial score (nSPS) is 20.5. The minimum Gasteiger partial charge on any atom is -0.508 e. The third-order valence-corrected chi connectivity index (χ3v) is 2.98. The number of phenolic OH excluding ortho intramolecular Hbond substituents is 1. The monoisotopic (exact) mass is 235 g/mol. The highest BCUT2D eigenvalue weighted by Gasteiger charge is 2.29. The Bertz CT molecular complexity index is 417. The molecule has 17 heavy (non-hydrogen) atoms. The van der Waals surface area contributed by atoms with Crippen LogP contribution in [0.15, 0.2) is 24.3 Å². The van der Waals surface area contributed by atoms with E-state index in [1.807, 2.05) is 19.9 Å². The van der Waals surface area contributed by atoms with E-state index in [2.05, 4.69) is 0 Å². The van der Waals surface area contributed by atoms with E-state index >= 15 is 0 Å². The van der Waals surface area contributed by atoms with Crippen molar-refractivity contribution >= 4 is 6.09 Å². The number of ether oxygens (including phenoxy) is 1. The van der Waals surface area contributed by atoms with Gasteiger partial charge in [0, 0.05) is 19.0 Å². The fourth-order valence-electron chi connectivity index (χ4n) is 2.02. The Morgan fingerprint density at radius 1 is 1.47 bits per heavy atom. The molecule has 1 saturated heterocycles. The number of benzene rings is 1. The lowest BCUT2D eigenvalue weighted by Gasteiger charge is -2.34. The summed E-state index contributed by atoms with van der Waals surface area (Å²) in [7, 11) is 0. The van der Waals surface area contributed by atoms with E-state index < -0.39 is 0 Å². The number of hydrogen-bond donors (Lipinski definition) is 1. The fourth-order valence-corrected chi connectivity index (χ4v) is 2.02. The fraction of sp³-hybridized carbons (Fsp3) is 0.462. The van der Waals surface area contributed by atoms with Gasteiger partial charge in [0.1, 0.15) is 11.9 Å². The van der Waals surface area contributed by atoms with Gasteiger partial charge in [-0.15, -0.1) is 0 Å². The highest BCUT2D eigenvalue weighted by Crippen LogP contribution is 2.29. The average Bonchev–Trinajstić information content (AvgIpc) is 2.28. The highest BCUT2D eigenvalue weighted by molar-refractivity contribution is 5.69. The molecule has 0 spiro atoms. The van der Waals surface area contributed by atoms with Crippen molar-refractivity contribution in [2.45, 2.75) is 32.4 Å². The second-order valence-corrected chi connectivity index (χ2v) is 4.54. The maximum atomic E-state index is 11.7. The zero-order chi connectivity index (χ0) is 12.4. The Balaban J connectivity index is 2.09. The number of phenols is 1. The van der Waals surface area contributed by atoms with Crippen molar-refractivity contribution in [2.75, 3.05) is 6.54 Å². The largest absolute Gasteiger partial charge is 0.508 e. The summed E-state index contributed by atoms with van der Waals surface area (Å²) in [6.45, 7) is 4.63. The van der Waals surface area contributed by atoms with Gasteiger partial charge in [0.05, 0.1) is 0 Å². The van der Waals surface area contributed by atoms with E-state index in [-0.39, 0.29) is 24.0 Å². The molecule has 0 aromatic heterocycles. The van der Waals surface area contributed by atoms with Gasteiger partial charge in [0.2, 0.25) is 0 Å². The van der Waals surface area contributed by atoms with Crippen molar-refractivity contribution in [3.63, 3.8) is 0 Å². The molecule has 4 nitrogen and oxygen atoms in total. The van der Waals surface area contributed by atoms with Crippen LogP contribution >= 0.6 is 0 Å². The number of hydrogen-bond acceptors (Lipinski definition) is 3. The van der Waals surface area contributed by atoms with Gasteiger partial charge in [-0.2, -0.15) is 0 Å². The van der Waals surface area contributed by atoms with Gasteiger partial charge in [0.15, 0.2) is 0 Å². The van der Waals surface area contributed by atoms with Crippen LogP contribution in [0.1, 0.15) is 31.9 Å². The predicted octanol–water partition coefficient (Wildman–Crippen LogP) is 2.68. The standard InChI is InChI=1S/C13H17NO3/c1-9(2)14-7-6-12(17-13(14)16)10-4-3-5-11(15)8-10/h3-5,8-9,12,15H,6-7H2,1-2H3. The molecule has 1 atom stereocenters. The smallest absolute Gasteiger partial charge is 0.410 e. The number of amides is 1. The van der Waals surface area contributed by atoms with Crippen LogP contribution in [0, 0.1) is 0 Å². The summed E-state index contributed by atoms with van der Waals surface area (Å²) in [6.07, 6.45) is 0.233. The maximum Gasteiger partial charge on any atom is 0.410 e. The number of nitrogens with zero attached hydrogens (tertiary/aromatic N) is 1. The van der Waals surface area contributed by atoms with Crippen LogP contribution in [0.3, 0.4) is 0 Å². The number of carbonyl (C=O) groups excluding carboxylic acids is 1. The Hall–Kier alpha value is -1.71. The topological polar surface area (TPSA) is 49.8 Å². The third kappa shape index (κ3) is 2.52. The molecule has 0 bridgehead atoms. The first-order valence-electron chi connectivity index (χ1n) is 5.84. The SMILES string of the molecule is CC(C)N1CCC(c2cccc(O)c2)OC1=O. The first kappa shape index (κ1) is 11.8. The van der Waals surface area contributed by atoms with E-state index in [9.17, 15) is 9.90 Å². The first-order valence-corrected chi connectivity index (χ1v) is 5.84. The zero-order valence-electron chi connectivity index (χ0n) is 10.1. The van der Waals surface area contributed by atoms with Crippen LogP contribution in [-0.4, -0.2) is 28.7 Å². The summed E-state index contributed by atoms with van der Waals surface area (Å²) in [6, 6.07) is 7.03.